The summed E-state index contributed by atoms with van der Waals surface area (Å²) in [5, 5.41) is 9.37. The molecule has 34 heavy (non-hydrogen) atoms. The Labute approximate surface area is 193 Å². The molecule has 0 aliphatic rings. The Morgan fingerprint density at radius 2 is 1.56 bits per heavy atom. The quantitative estimate of drug-likeness (QED) is 0.392. The van der Waals surface area contributed by atoms with Crippen molar-refractivity contribution in [2.75, 3.05) is 20.8 Å². The first-order valence-electron chi connectivity index (χ1n) is 9.95. The minimum Gasteiger partial charge on any atom is -0.493 e. The molecule has 0 fully saturated rings. The number of hydrogen-bond acceptors (Lipinski definition) is 5. The highest BCUT2D eigenvalue weighted by Gasteiger charge is 2.29. The molecule has 3 aromatic rings. The molecule has 0 radical (unpaired) electrons. The molecule has 0 atom stereocenters. The van der Waals surface area contributed by atoms with Crippen LogP contribution in [0.5, 0.6) is 28.7 Å². The van der Waals surface area contributed by atoms with E-state index in [1.54, 1.807) is 36.4 Å². The van der Waals surface area contributed by atoms with Gasteiger partial charge in [-0.15, -0.1) is 0 Å². The van der Waals surface area contributed by atoms with Crippen LogP contribution in [0.3, 0.4) is 0 Å². The number of benzene rings is 3. The number of ether oxygens (including phenoxy) is 4. The lowest BCUT2D eigenvalue weighted by Crippen LogP contribution is -2.04. The molecule has 0 amide bonds. The highest BCUT2D eigenvalue weighted by molar-refractivity contribution is 5.89. The Bertz CT molecular complexity index is 1170. The zero-order chi connectivity index (χ0) is 24.7. The zero-order valence-electron chi connectivity index (χ0n) is 18.3. The van der Waals surface area contributed by atoms with Crippen LogP contribution in [0.2, 0.25) is 0 Å². The molecule has 0 aliphatic heterocycles. The van der Waals surface area contributed by atoms with Crippen molar-refractivity contribution in [3.05, 3.63) is 83.4 Å². The smallest absolute Gasteiger partial charge is 0.416 e. The fraction of sp³-hybridized carbons (Fsp3) is 0.160. The van der Waals surface area contributed by atoms with Crippen LogP contribution < -0.4 is 18.9 Å². The summed E-state index contributed by atoms with van der Waals surface area (Å²) in [5.74, 6) is 0.0220. The summed E-state index contributed by atoms with van der Waals surface area (Å²) >= 11 is 0. The molecule has 3 rings (SSSR count). The second kappa shape index (κ2) is 10.7. The average Bonchev–Trinajstić information content (AvgIpc) is 2.81. The molecule has 0 bridgehead atoms. The summed E-state index contributed by atoms with van der Waals surface area (Å²) in [6.07, 6.45) is -1.10. The molecule has 0 saturated carbocycles. The molecule has 0 saturated heterocycles. The Morgan fingerprint density at radius 1 is 0.912 bits per heavy atom. The van der Waals surface area contributed by atoms with E-state index in [1.165, 1.54) is 38.5 Å². The third-order valence-corrected chi connectivity index (χ3v) is 4.64. The van der Waals surface area contributed by atoms with E-state index in [-0.39, 0.29) is 29.4 Å². The lowest BCUT2D eigenvalue weighted by Gasteiger charge is -2.16. The van der Waals surface area contributed by atoms with Gasteiger partial charge in [-0.25, -0.2) is 4.79 Å². The van der Waals surface area contributed by atoms with E-state index in [0.29, 0.717) is 17.1 Å². The Hall–Kier alpha value is -4.14. The summed E-state index contributed by atoms with van der Waals surface area (Å²) in [6, 6.07) is 14.1. The van der Waals surface area contributed by atoms with Crippen LogP contribution in [-0.4, -0.2) is 31.9 Å². The van der Waals surface area contributed by atoms with Crippen molar-refractivity contribution >= 4 is 12.0 Å². The van der Waals surface area contributed by atoms with Crippen molar-refractivity contribution in [2.45, 2.75) is 6.18 Å². The van der Waals surface area contributed by atoms with Gasteiger partial charge in [-0.05, 0) is 48.0 Å². The normalized spacial score (nSPS) is 11.3. The Morgan fingerprint density at radius 3 is 2.15 bits per heavy atom. The first-order valence-corrected chi connectivity index (χ1v) is 9.95. The predicted molar refractivity (Wildman–Crippen MR) is 119 cm³/mol. The lowest BCUT2D eigenvalue weighted by molar-refractivity contribution is -0.137. The number of para-hydroxylation sites is 2. The third kappa shape index (κ3) is 6.00. The maximum Gasteiger partial charge on any atom is 0.416 e. The van der Waals surface area contributed by atoms with Gasteiger partial charge in [0.05, 0.1) is 25.3 Å². The summed E-state index contributed by atoms with van der Waals surface area (Å²) < 4.78 is 60.2. The summed E-state index contributed by atoms with van der Waals surface area (Å²) in [5.41, 5.74) is -0.181. The van der Waals surface area contributed by atoms with Crippen LogP contribution in [0, 0.1) is 0 Å². The lowest BCUT2D eigenvalue weighted by atomic mass is 10.1. The predicted octanol–water partition coefficient (Wildman–Crippen LogP) is 6.31. The number of methoxy groups -OCH3 is 2. The third-order valence-electron chi connectivity index (χ3n) is 4.64. The van der Waals surface area contributed by atoms with Gasteiger partial charge in [0.25, 0.3) is 0 Å². The van der Waals surface area contributed by atoms with Crippen LogP contribution in [0.25, 0.3) is 6.08 Å². The number of aromatic carboxylic acids is 1. The molecule has 6 nitrogen and oxygen atoms in total. The van der Waals surface area contributed by atoms with Crippen LogP contribution >= 0.6 is 0 Å². The van der Waals surface area contributed by atoms with Gasteiger partial charge in [-0.3, -0.25) is 0 Å². The van der Waals surface area contributed by atoms with E-state index in [0.717, 1.165) is 12.1 Å². The standard InChI is InChI=1S/C25H21F3O6/c1-31-21-14-17(24(29)30)15-22(23(21)32-2)34-20-8-4-3-7-19(20)33-13-5-6-16-9-11-18(12-10-16)25(26,27)28/h3-12,14-15H,13H2,1-2H3,(H,29,30)/b6-5+. The minimum atomic E-state index is -4.38. The van der Waals surface area contributed by atoms with Crippen LogP contribution in [-0.2, 0) is 6.18 Å². The molecular formula is C25H21F3O6. The molecule has 178 valence electrons. The molecule has 0 unspecified atom stereocenters. The van der Waals surface area contributed by atoms with Gasteiger partial charge in [0.2, 0.25) is 5.75 Å². The van der Waals surface area contributed by atoms with Gasteiger partial charge in [0.1, 0.15) is 6.61 Å². The molecule has 0 heterocycles. The first-order chi connectivity index (χ1) is 16.2. The topological polar surface area (TPSA) is 74.2 Å². The average molecular weight is 474 g/mol. The van der Waals surface area contributed by atoms with E-state index in [4.69, 9.17) is 18.9 Å². The van der Waals surface area contributed by atoms with Gasteiger partial charge in [-0.2, -0.15) is 13.2 Å². The van der Waals surface area contributed by atoms with Gasteiger partial charge >= 0.3 is 12.1 Å². The van der Waals surface area contributed by atoms with Crippen molar-refractivity contribution in [1.29, 1.82) is 0 Å². The summed E-state index contributed by atoms with van der Waals surface area (Å²) in [4.78, 5) is 11.5. The van der Waals surface area contributed by atoms with Crippen LogP contribution in [0.4, 0.5) is 13.2 Å². The summed E-state index contributed by atoms with van der Waals surface area (Å²) in [7, 11) is 2.78. The van der Waals surface area contributed by atoms with Crippen LogP contribution in [0.15, 0.2) is 66.7 Å². The number of carbonyl (C=O) groups is 1. The maximum atomic E-state index is 12.7. The molecule has 9 heteroatoms. The van der Waals surface area contributed by atoms with E-state index in [9.17, 15) is 23.1 Å². The number of alkyl halides is 3. The highest BCUT2D eigenvalue weighted by Crippen LogP contribution is 2.42. The second-order valence-corrected chi connectivity index (χ2v) is 6.90. The minimum absolute atomic E-state index is 0.0504. The molecule has 0 aromatic heterocycles. The monoisotopic (exact) mass is 474 g/mol. The number of rotatable bonds is 9. The van der Waals surface area contributed by atoms with Gasteiger partial charge in [-0.1, -0.05) is 30.3 Å². The van der Waals surface area contributed by atoms with Gasteiger partial charge < -0.3 is 24.1 Å². The highest BCUT2D eigenvalue weighted by atomic mass is 19.4. The Kier molecular flexibility index (Phi) is 7.68. The van der Waals surface area contributed by atoms with Gasteiger partial charge in [0, 0.05) is 0 Å². The number of hydrogen-bond donors (Lipinski definition) is 1. The molecule has 0 aliphatic carbocycles. The molecule has 3 aromatic carbocycles. The second-order valence-electron chi connectivity index (χ2n) is 6.90. The fourth-order valence-electron chi connectivity index (χ4n) is 3.01. The zero-order valence-corrected chi connectivity index (χ0v) is 18.3. The Balaban J connectivity index is 1.75. The van der Waals surface area contributed by atoms with E-state index in [2.05, 4.69) is 0 Å². The first kappa shape index (κ1) is 24.5. The molecule has 1 N–H and O–H groups in total. The van der Waals surface area contributed by atoms with E-state index in [1.807, 2.05) is 0 Å². The van der Waals surface area contributed by atoms with E-state index < -0.39 is 17.7 Å². The van der Waals surface area contributed by atoms with E-state index >= 15 is 0 Å². The number of halogens is 3. The molecular weight excluding hydrogens is 453 g/mol. The van der Waals surface area contributed by atoms with Crippen molar-refractivity contribution < 1.29 is 42.0 Å². The molecule has 0 spiro atoms. The fourth-order valence-corrected chi connectivity index (χ4v) is 3.01. The largest absolute Gasteiger partial charge is 0.493 e. The SMILES string of the molecule is COc1cc(C(=O)O)cc(Oc2ccccc2OC/C=C/c2ccc(C(F)(F)F)cc2)c1OC. The van der Waals surface area contributed by atoms with Gasteiger partial charge in [0.15, 0.2) is 23.0 Å². The number of carboxylic acid groups (broad SMARTS) is 1. The van der Waals surface area contributed by atoms with Crippen LogP contribution in [0.1, 0.15) is 21.5 Å². The number of carboxylic acids is 1. The maximum absolute atomic E-state index is 12.7. The van der Waals surface area contributed by atoms with Crippen molar-refractivity contribution in [3.63, 3.8) is 0 Å². The summed E-state index contributed by atoms with van der Waals surface area (Å²) in [6.45, 7) is 0.108. The van der Waals surface area contributed by atoms with Crippen molar-refractivity contribution in [2.24, 2.45) is 0 Å². The van der Waals surface area contributed by atoms with Crippen molar-refractivity contribution in [1.82, 2.24) is 0 Å². The van der Waals surface area contributed by atoms with Crippen molar-refractivity contribution in [3.8, 4) is 28.7 Å².